The zero-order valence-corrected chi connectivity index (χ0v) is 16.8. The van der Waals surface area contributed by atoms with Crippen molar-refractivity contribution in [2.45, 2.75) is 45.1 Å². The summed E-state index contributed by atoms with van der Waals surface area (Å²) in [6.07, 6.45) is 2.27. The van der Waals surface area contributed by atoms with E-state index in [1.165, 1.54) is 0 Å². The Morgan fingerprint density at radius 1 is 1.15 bits per heavy atom. The van der Waals surface area contributed by atoms with Gasteiger partial charge in [-0.1, -0.05) is 0 Å². The Hall–Kier alpha value is -2.19. The highest BCUT2D eigenvalue weighted by molar-refractivity contribution is 7.89. The molecule has 1 aromatic heterocycles. The highest BCUT2D eigenvalue weighted by Gasteiger charge is 2.18. The number of hydrogen-bond acceptors (Lipinski definition) is 6. The quantitative estimate of drug-likeness (QED) is 0.782. The van der Waals surface area contributed by atoms with E-state index < -0.39 is 10.0 Å². The molecule has 0 atom stereocenters. The smallest absolute Gasteiger partial charge is 0.240 e. The third kappa shape index (κ3) is 4.75. The lowest BCUT2D eigenvalue weighted by Gasteiger charge is -2.16. The van der Waals surface area contributed by atoms with E-state index >= 15 is 0 Å². The van der Waals surface area contributed by atoms with Crippen molar-refractivity contribution in [3.05, 3.63) is 41.2 Å². The summed E-state index contributed by atoms with van der Waals surface area (Å²) in [5.41, 5.74) is 2.28. The van der Waals surface area contributed by atoms with Gasteiger partial charge in [0, 0.05) is 18.8 Å². The van der Waals surface area contributed by atoms with E-state index in [1.807, 2.05) is 26.8 Å². The minimum Gasteiger partial charge on any atom is -0.494 e. The second-order valence-electron chi connectivity index (χ2n) is 6.68. The number of benzene rings is 1. The first-order chi connectivity index (χ1) is 12.9. The van der Waals surface area contributed by atoms with Gasteiger partial charge in [0.15, 0.2) is 0 Å². The Morgan fingerprint density at radius 2 is 1.89 bits per heavy atom. The molecule has 2 aromatic rings. The van der Waals surface area contributed by atoms with Gasteiger partial charge in [-0.2, -0.15) is 0 Å². The standard InChI is InChI=1S/C19H26N4O3S/c1-4-26-18-8-7-17(11-14(18)2)27(24,25)20-13-16-12-15(3)21-19(22-16)23-9-5-6-10-23/h7-8,11-12,20H,4-6,9-10,13H2,1-3H3. The van der Waals surface area contributed by atoms with Crippen molar-refractivity contribution in [3.8, 4) is 5.75 Å². The topological polar surface area (TPSA) is 84.4 Å². The van der Waals surface area contributed by atoms with Gasteiger partial charge in [0.25, 0.3) is 0 Å². The summed E-state index contributed by atoms with van der Waals surface area (Å²) in [7, 11) is -3.64. The van der Waals surface area contributed by atoms with E-state index in [9.17, 15) is 8.42 Å². The van der Waals surface area contributed by atoms with Gasteiger partial charge in [0.2, 0.25) is 16.0 Å². The van der Waals surface area contributed by atoms with Crippen LogP contribution < -0.4 is 14.4 Å². The fourth-order valence-corrected chi connectivity index (χ4v) is 4.21. The molecule has 7 nitrogen and oxygen atoms in total. The lowest BCUT2D eigenvalue weighted by atomic mass is 10.2. The number of aryl methyl sites for hydroxylation is 2. The van der Waals surface area contributed by atoms with Gasteiger partial charge in [-0.05, 0) is 63.4 Å². The van der Waals surface area contributed by atoms with Crippen molar-refractivity contribution in [1.82, 2.24) is 14.7 Å². The van der Waals surface area contributed by atoms with Crippen molar-refractivity contribution in [2.24, 2.45) is 0 Å². The van der Waals surface area contributed by atoms with Gasteiger partial charge in [0.1, 0.15) is 5.75 Å². The van der Waals surface area contributed by atoms with Gasteiger partial charge in [-0.15, -0.1) is 0 Å². The molecule has 0 saturated carbocycles. The molecule has 1 N–H and O–H groups in total. The largest absolute Gasteiger partial charge is 0.494 e. The second kappa shape index (κ2) is 8.22. The number of ether oxygens (including phenoxy) is 1. The molecule has 0 bridgehead atoms. The van der Waals surface area contributed by atoms with Crippen LogP contribution in [0.4, 0.5) is 5.95 Å². The average Bonchev–Trinajstić information content (AvgIpc) is 3.16. The van der Waals surface area contributed by atoms with Crippen LogP contribution in [0.1, 0.15) is 36.7 Å². The molecule has 3 rings (SSSR count). The van der Waals surface area contributed by atoms with Crippen molar-refractivity contribution in [3.63, 3.8) is 0 Å². The van der Waals surface area contributed by atoms with Crippen molar-refractivity contribution >= 4 is 16.0 Å². The predicted molar refractivity (Wildman–Crippen MR) is 105 cm³/mol. The summed E-state index contributed by atoms with van der Waals surface area (Å²) >= 11 is 0. The summed E-state index contributed by atoms with van der Waals surface area (Å²) in [5, 5.41) is 0. The molecule has 146 valence electrons. The fraction of sp³-hybridized carbons (Fsp3) is 0.474. The summed E-state index contributed by atoms with van der Waals surface area (Å²) in [6.45, 7) is 8.18. The first kappa shape index (κ1) is 19.6. The Bertz CT molecular complexity index is 909. The van der Waals surface area contributed by atoms with E-state index in [0.29, 0.717) is 24.0 Å². The van der Waals surface area contributed by atoms with E-state index in [4.69, 9.17) is 4.74 Å². The van der Waals surface area contributed by atoms with Crippen LogP contribution in [0.5, 0.6) is 5.75 Å². The van der Waals surface area contributed by atoms with Crippen LogP contribution in [0, 0.1) is 13.8 Å². The summed E-state index contributed by atoms with van der Waals surface area (Å²) in [5.74, 6) is 1.37. The number of sulfonamides is 1. The molecule has 0 radical (unpaired) electrons. The maximum atomic E-state index is 12.6. The predicted octanol–water partition coefficient (Wildman–Crippen LogP) is 2.57. The van der Waals surface area contributed by atoms with Crippen LogP contribution in [0.15, 0.2) is 29.2 Å². The monoisotopic (exact) mass is 390 g/mol. The van der Waals surface area contributed by atoms with Crippen molar-refractivity contribution in [1.29, 1.82) is 0 Å². The molecule has 8 heteroatoms. The molecule has 2 heterocycles. The van der Waals surface area contributed by atoms with E-state index in [1.54, 1.807) is 18.2 Å². The van der Waals surface area contributed by atoms with Gasteiger partial charge in [-0.25, -0.2) is 23.1 Å². The van der Waals surface area contributed by atoms with Crippen LogP contribution >= 0.6 is 0 Å². The third-order valence-corrected chi connectivity index (χ3v) is 5.88. The summed E-state index contributed by atoms with van der Waals surface area (Å²) in [4.78, 5) is 11.4. The molecule has 1 aliphatic heterocycles. The van der Waals surface area contributed by atoms with Crippen LogP contribution in [0.25, 0.3) is 0 Å². The first-order valence-corrected chi connectivity index (χ1v) is 10.7. The maximum absolute atomic E-state index is 12.6. The molecule has 1 saturated heterocycles. The fourth-order valence-electron chi connectivity index (χ4n) is 3.12. The van der Waals surface area contributed by atoms with Crippen LogP contribution in [0.2, 0.25) is 0 Å². The minimum absolute atomic E-state index is 0.124. The molecular formula is C19H26N4O3S. The maximum Gasteiger partial charge on any atom is 0.240 e. The van der Waals surface area contributed by atoms with Crippen molar-refractivity contribution < 1.29 is 13.2 Å². The van der Waals surface area contributed by atoms with Crippen LogP contribution in [-0.2, 0) is 16.6 Å². The number of rotatable bonds is 7. The minimum atomic E-state index is -3.64. The van der Waals surface area contributed by atoms with Gasteiger partial charge >= 0.3 is 0 Å². The lowest BCUT2D eigenvalue weighted by Crippen LogP contribution is -2.25. The van der Waals surface area contributed by atoms with E-state index in [-0.39, 0.29) is 11.4 Å². The number of nitrogens with zero attached hydrogens (tertiary/aromatic N) is 3. The Kier molecular flexibility index (Phi) is 5.96. The first-order valence-electron chi connectivity index (χ1n) is 9.21. The molecule has 0 amide bonds. The molecule has 27 heavy (non-hydrogen) atoms. The Labute approximate surface area is 160 Å². The van der Waals surface area contributed by atoms with Gasteiger partial charge in [0.05, 0.1) is 23.7 Å². The van der Waals surface area contributed by atoms with Crippen LogP contribution in [0.3, 0.4) is 0 Å². The Morgan fingerprint density at radius 3 is 2.56 bits per heavy atom. The average molecular weight is 391 g/mol. The van der Waals surface area contributed by atoms with Gasteiger partial charge < -0.3 is 9.64 Å². The molecule has 0 unspecified atom stereocenters. The third-order valence-electron chi connectivity index (χ3n) is 4.48. The molecular weight excluding hydrogens is 364 g/mol. The second-order valence-corrected chi connectivity index (χ2v) is 8.45. The van der Waals surface area contributed by atoms with Crippen molar-refractivity contribution in [2.75, 3.05) is 24.6 Å². The zero-order valence-electron chi connectivity index (χ0n) is 16.0. The molecule has 1 fully saturated rings. The molecule has 0 spiro atoms. The normalized spacial score (nSPS) is 14.6. The number of hydrogen-bond donors (Lipinski definition) is 1. The van der Waals surface area contributed by atoms with E-state index in [0.717, 1.165) is 37.2 Å². The SMILES string of the molecule is CCOc1ccc(S(=O)(=O)NCc2cc(C)nc(N3CCCC3)n2)cc1C. The highest BCUT2D eigenvalue weighted by Crippen LogP contribution is 2.22. The highest BCUT2D eigenvalue weighted by atomic mass is 32.2. The zero-order chi connectivity index (χ0) is 19.4. The molecule has 0 aliphatic carbocycles. The number of anilines is 1. The number of aromatic nitrogens is 2. The Balaban J connectivity index is 1.74. The van der Waals surface area contributed by atoms with Gasteiger partial charge in [-0.3, -0.25) is 0 Å². The lowest BCUT2D eigenvalue weighted by molar-refractivity contribution is 0.337. The number of nitrogens with one attached hydrogen (secondary N) is 1. The molecule has 1 aromatic carbocycles. The van der Waals surface area contributed by atoms with Crippen LogP contribution in [-0.4, -0.2) is 38.1 Å². The molecule has 1 aliphatic rings. The van der Waals surface area contributed by atoms with E-state index in [2.05, 4.69) is 19.6 Å². The summed E-state index contributed by atoms with van der Waals surface area (Å²) in [6, 6.07) is 6.68. The summed E-state index contributed by atoms with van der Waals surface area (Å²) < 4.78 is 33.4.